The van der Waals surface area contributed by atoms with E-state index < -0.39 is 0 Å². The van der Waals surface area contributed by atoms with Gasteiger partial charge in [0.05, 0.1) is 6.33 Å². The number of nitrogens with zero attached hydrogens (tertiary/aromatic N) is 2. The number of aromatic nitrogens is 2. The van der Waals surface area contributed by atoms with Crippen molar-refractivity contribution in [1.29, 1.82) is 0 Å². The number of halogens is 2. The van der Waals surface area contributed by atoms with Crippen molar-refractivity contribution < 1.29 is 0 Å². The molecule has 0 saturated heterocycles. The molecule has 0 aliphatic rings. The molecule has 1 aromatic heterocycles. The summed E-state index contributed by atoms with van der Waals surface area (Å²) in [5, 5.41) is 3.10. The molecular formula is C6H9I2N3. The zero-order valence-electron chi connectivity index (χ0n) is 6.14. The van der Waals surface area contributed by atoms with Crippen molar-refractivity contribution in [3.63, 3.8) is 0 Å². The predicted molar refractivity (Wildman–Crippen MR) is 61.6 cm³/mol. The first-order valence-corrected chi connectivity index (χ1v) is 5.42. The molecule has 0 spiro atoms. The first kappa shape index (κ1) is 9.72. The largest absolute Gasteiger partial charge is 0.324 e. The summed E-state index contributed by atoms with van der Waals surface area (Å²) in [6.07, 6.45) is 1.88. The van der Waals surface area contributed by atoms with Gasteiger partial charge < -0.3 is 9.88 Å². The molecule has 1 N–H and O–H groups in total. The van der Waals surface area contributed by atoms with Crippen LogP contribution in [0.2, 0.25) is 0 Å². The number of rotatable bonds is 3. The lowest BCUT2D eigenvalue weighted by Crippen LogP contribution is -2.15. The van der Waals surface area contributed by atoms with Gasteiger partial charge >= 0.3 is 0 Å². The van der Waals surface area contributed by atoms with Crippen LogP contribution in [0.1, 0.15) is 0 Å². The SMILES string of the molecule is CNCCn1cnc(I)c1I. The van der Waals surface area contributed by atoms with Gasteiger partial charge in [0.2, 0.25) is 0 Å². The Balaban J connectivity index is 2.63. The summed E-state index contributed by atoms with van der Waals surface area (Å²) in [5.74, 6) is 0. The highest BCUT2D eigenvalue weighted by molar-refractivity contribution is 14.1. The summed E-state index contributed by atoms with van der Waals surface area (Å²) >= 11 is 4.54. The van der Waals surface area contributed by atoms with Gasteiger partial charge in [0.25, 0.3) is 0 Å². The molecule has 0 atom stereocenters. The zero-order valence-corrected chi connectivity index (χ0v) is 10.5. The van der Waals surface area contributed by atoms with Crippen molar-refractivity contribution in [3.05, 3.63) is 13.7 Å². The summed E-state index contributed by atoms with van der Waals surface area (Å²) in [4.78, 5) is 4.18. The fraction of sp³-hybridized carbons (Fsp3) is 0.500. The van der Waals surface area contributed by atoms with E-state index in [1.54, 1.807) is 0 Å². The molecule has 11 heavy (non-hydrogen) atoms. The van der Waals surface area contributed by atoms with E-state index in [4.69, 9.17) is 0 Å². The summed E-state index contributed by atoms with van der Waals surface area (Å²) < 4.78 is 4.44. The number of nitrogens with one attached hydrogen (secondary N) is 1. The molecule has 1 heterocycles. The lowest BCUT2D eigenvalue weighted by Gasteiger charge is -2.01. The molecule has 0 saturated carbocycles. The van der Waals surface area contributed by atoms with Crippen LogP contribution in [-0.4, -0.2) is 23.1 Å². The Morgan fingerprint density at radius 2 is 2.36 bits per heavy atom. The monoisotopic (exact) mass is 377 g/mol. The molecule has 5 heteroatoms. The summed E-state index contributed by atoms with van der Waals surface area (Å²) in [5.41, 5.74) is 0. The van der Waals surface area contributed by atoms with Crippen LogP contribution in [0.3, 0.4) is 0 Å². The quantitative estimate of drug-likeness (QED) is 0.806. The summed E-state index contributed by atoms with van der Waals surface area (Å²) in [6.45, 7) is 1.98. The summed E-state index contributed by atoms with van der Waals surface area (Å²) in [6, 6.07) is 0. The number of likely N-dealkylation sites (N-methyl/N-ethyl adjacent to an activating group) is 1. The first-order chi connectivity index (χ1) is 5.25. The van der Waals surface area contributed by atoms with E-state index >= 15 is 0 Å². The second-order valence-corrected chi connectivity index (χ2v) is 4.17. The number of hydrogen-bond donors (Lipinski definition) is 1. The fourth-order valence-electron chi connectivity index (χ4n) is 0.731. The van der Waals surface area contributed by atoms with Gasteiger partial charge in [-0.1, -0.05) is 0 Å². The van der Waals surface area contributed by atoms with E-state index in [1.807, 2.05) is 13.4 Å². The molecular weight excluding hydrogens is 368 g/mol. The third kappa shape index (κ3) is 2.55. The molecule has 0 bridgehead atoms. The van der Waals surface area contributed by atoms with Gasteiger partial charge in [0, 0.05) is 13.1 Å². The van der Waals surface area contributed by atoms with Crippen molar-refractivity contribution in [1.82, 2.24) is 14.9 Å². The highest BCUT2D eigenvalue weighted by atomic mass is 127. The molecule has 0 unspecified atom stereocenters. The van der Waals surface area contributed by atoms with Gasteiger partial charge in [-0.15, -0.1) is 0 Å². The maximum atomic E-state index is 4.18. The molecule has 62 valence electrons. The summed E-state index contributed by atoms with van der Waals surface area (Å²) in [7, 11) is 1.95. The molecule has 0 radical (unpaired) electrons. The lowest BCUT2D eigenvalue weighted by atomic mass is 10.6. The van der Waals surface area contributed by atoms with Crippen LogP contribution < -0.4 is 5.32 Å². The van der Waals surface area contributed by atoms with Crippen LogP contribution >= 0.6 is 45.2 Å². The van der Waals surface area contributed by atoms with Crippen molar-refractivity contribution >= 4 is 45.2 Å². The van der Waals surface area contributed by atoms with Crippen molar-refractivity contribution in [2.45, 2.75) is 6.54 Å². The van der Waals surface area contributed by atoms with Gasteiger partial charge in [0.15, 0.2) is 0 Å². The van der Waals surface area contributed by atoms with Crippen molar-refractivity contribution in [2.75, 3.05) is 13.6 Å². The Morgan fingerprint density at radius 1 is 1.64 bits per heavy atom. The average Bonchev–Trinajstić information content (AvgIpc) is 2.31. The van der Waals surface area contributed by atoms with Crippen LogP contribution in [0.5, 0.6) is 0 Å². The van der Waals surface area contributed by atoms with Crippen LogP contribution in [0.4, 0.5) is 0 Å². The van der Waals surface area contributed by atoms with E-state index in [0.29, 0.717) is 0 Å². The Morgan fingerprint density at radius 3 is 2.82 bits per heavy atom. The number of imidazole rings is 1. The Labute approximate surface area is 93.2 Å². The maximum Gasteiger partial charge on any atom is 0.132 e. The standard InChI is InChI=1S/C6H9I2N3/c1-9-2-3-11-4-10-5(7)6(11)8/h4,9H,2-3H2,1H3. The minimum Gasteiger partial charge on any atom is -0.324 e. The van der Waals surface area contributed by atoms with Crippen LogP contribution in [0.15, 0.2) is 6.33 Å². The Kier molecular flexibility index (Phi) is 4.07. The van der Waals surface area contributed by atoms with Gasteiger partial charge in [-0.05, 0) is 52.2 Å². The lowest BCUT2D eigenvalue weighted by molar-refractivity contribution is 0.634. The maximum absolute atomic E-state index is 4.18. The third-order valence-electron chi connectivity index (χ3n) is 1.34. The molecule has 0 aliphatic heterocycles. The first-order valence-electron chi connectivity index (χ1n) is 3.26. The van der Waals surface area contributed by atoms with E-state index in [1.165, 1.54) is 3.70 Å². The van der Waals surface area contributed by atoms with E-state index in [9.17, 15) is 0 Å². The van der Waals surface area contributed by atoms with E-state index in [-0.39, 0.29) is 0 Å². The highest BCUT2D eigenvalue weighted by Gasteiger charge is 2.02. The fourth-order valence-corrected chi connectivity index (χ4v) is 1.67. The molecule has 3 nitrogen and oxygen atoms in total. The minimum atomic E-state index is 0.989. The average molecular weight is 377 g/mol. The van der Waals surface area contributed by atoms with Crippen LogP contribution in [0.25, 0.3) is 0 Å². The predicted octanol–water partition coefficient (Wildman–Crippen LogP) is 1.31. The van der Waals surface area contributed by atoms with Crippen molar-refractivity contribution in [3.8, 4) is 0 Å². The molecule has 0 amide bonds. The number of hydrogen-bond acceptors (Lipinski definition) is 2. The molecule has 1 rings (SSSR count). The van der Waals surface area contributed by atoms with E-state index in [2.05, 4.69) is 60.0 Å². The smallest absolute Gasteiger partial charge is 0.132 e. The van der Waals surface area contributed by atoms with Crippen molar-refractivity contribution in [2.24, 2.45) is 0 Å². The van der Waals surface area contributed by atoms with E-state index in [0.717, 1.165) is 16.8 Å². The molecule has 1 aromatic rings. The van der Waals surface area contributed by atoms with Gasteiger partial charge in [0.1, 0.15) is 7.40 Å². The highest BCUT2D eigenvalue weighted by Crippen LogP contribution is 2.12. The molecule has 0 aliphatic carbocycles. The van der Waals surface area contributed by atoms with Crippen LogP contribution in [-0.2, 0) is 6.54 Å². The minimum absolute atomic E-state index is 0.989. The van der Waals surface area contributed by atoms with Gasteiger partial charge in [-0.25, -0.2) is 4.98 Å². The van der Waals surface area contributed by atoms with Gasteiger partial charge in [-0.3, -0.25) is 0 Å². The second-order valence-electron chi connectivity index (χ2n) is 2.12. The Bertz CT molecular complexity index is 234. The topological polar surface area (TPSA) is 29.9 Å². The molecule has 0 fully saturated rings. The van der Waals surface area contributed by atoms with Crippen LogP contribution in [0, 0.1) is 7.40 Å². The Hall–Kier alpha value is 0.630. The normalized spacial score (nSPS) is 10.5. The van der Waals surface area contributed by atoms with Gasteiger partial charge in [-0.2, -0.15) is 0 Å². The third-order valence-corrected chi connectivity index (χ3v) is 4.29. The molecule has 0 aromatic carbocycles. The zero-order chi connectivity index (χ0) is 8.27. The second kappa shape index (κ2) is 4.61.